The summed E-state index contributed by atoms with van der Waals surface area (Å²) in [5, 5.41) is 3.28. The van der Waals surface area contributed by atoms with E-state index in [1.165, 1.54) is 5.56 Å². The van der Waals surface area contributed by atoms with Crippen molar-refractivity contribution >= 4 is 5.91 Å². The van der Waals surface area contributed by atoms with Crippen LogP contribution in [-0.2, 0) is 11.2 Å². The summed E-state index contributed by atoms with van der Waals surface area (Å²) < 4.78 is 0. The van der Waals surface area contributed by atoms with Crippen LogP contribution in [0, 0.1) is 0 Å². The Morgan fingerprint density at radius 3 is 2.53 bits per heavy atom. The maximum Gasteiger partial charge on any atom is 0.223 e. The molecule has 1 amide bonds. The summed E-state index contributed by atoms with van der Waals surface area (Å²) in [6, 6.07) is 10.8. The summed E-state index contributed by atoms with van der Waals surface area (Å²) in [4.78, 5) is 14.0. The van der Waals surface area contributed by atoms with E-state index in [1.54, 1.807) is 0 Å². The molecule has 0 aromatic heterocycles. The predicted molar refractivity (Wildman–Crippen MR) is 80.2 cm³/mol. The van der Waals surface area contributed by atoms with Gasteiger partial charge in [0.1, 0.15) is 0 Å². The Balaban J connectivity index is 2.34. The van der Waals surface area contributed by atoms with Gasteiger partial charge in [0.25, 0.3) is 0 Å². The van der Waals surface area contributed by atoms with Crippen molar-refractivity contribution in [3.05, 3.63) is 35.9 Å². The lowest BCUT2D eigenvalue weighted by molar-refractivity contribution is -0.130. The molecule has 0 aliphatic rings. The molecule has 0 fully saturated rings. The first kappa shape index (κ1) is 15.7. The van der Waals surface area contributed by atoms with Crippen LogP contribution in [0.1, 0.15) is 32.8 Å². The van der Waals surface area contributed by atoms with Crippen molar-refractivity contribution in [2.45, 2.75) is 39.7 Å². The molecule has 1 rings (SSSR count). The van der Waals surface area contributed by atoms with Gasteiger partial charge in [-0.2, -0.15) is 0 Å². The lowest BCUT2D eigenvalue weighted by Crippen LogP contribution is -2.35. The van der Waals surface area contributed by atoms with E-state index in [0.717, 1.165) is 26.1 Å². The average molecular weight is 262 g/mol. The second-order valence-electron chi connectivity index (χ2n) is 5.07. The minimum Gasteiger partial charge on any atom is -0.343 e. The van der Waals surface area contributed by atoms with Gasteiger partial charge in [0.15, 0.2) is 0 Å². The molecular weight excluding hydrogens is 236 g/mol. The van der Waals surface area contributed by atoms with Crippen LogP contribution >= 0.6 is 0 Å². The smallest absolute Gasteiger partial charge is 0.223 e. The zero-order valence-electron chi connectivity index (χ0n) is 12.4. The van der Waals surface area contributed by atoms with Crippen molar-refractivity contribution in [3.63, 3.8) is 0 Å². The van der Waals surface area contributed by atoms with Crippen molar-refractivity contribution in [2.75, 3.05) is 19.6 Å². The SMILES string of the molecule is CCN(CCc1ccccc1)C(=O)CCNC(C)C. The third kappa shape index (κ3) is 6.39. The molecule has 3 nitrogen and oxygen atoms in total. The van der Waals surface area contributed by atoms with E-state index in [0.29, 0.717) is 12.5 Å². The molecule has 0 saturated heterocycles. The molecule has 3 heteroatoms. The fourth-order valence-corrected chi connectivity index (χ4v) is 1.99. The Bertz CT molecular complexity index is 362. The van der Waals surface area contributed by atoms with Crippen molar-refractivity contribution in [2.24, 2.45) is 0 Å². The topological polar surface area (TPSA) is 32.3 Å². The van der Waals surface area contributed by atoms with Crippen molar-refractivity contribution in [1.82, 2.24) is 10.2 Å². The van der Waals surface area contributed by atoms with Gasteiger partial charge < -0.3 is 10.2 Å². The number of nitrogens with zero attached hydrogens (tertiary/aromatic N) is 1. The molecule has 1 aromatic rings. The van der Waals surface area contributed by atoms with Gasteiger partial charge in [-0.15, -0.1) is 0 Å². The summed E-state index contributed by atoms with van der Waals surface area (Å²) in [6.45, 7) is 8.58. The molecule has 0 unspecified atom stereocenters. The van der Waals surface area contributed by atoms with Crippen LogP contribution < -0.4 is 5.32 Å². The van der Waals surface area contributed by atoms with Crippen LogP contribution in [-0.4, -0.2) is 36.5 Å². The minimum atomic E-state index is 0.242. The number of likely N-dealkylation sites (N-methyl/N-ethyl adjacent to an activating group) is 1. The number of benzene rings is 1. The zero-order valence-corrected chi connectivity index (χ0v) is 12.4. The quantitative estimate of drug-likeness (QED) is 0.780. The molecule has 0 saturated carbocycles. The van der Waals surface area contributed by atoms with Crippen LogP contribution in [0.15, 0.2) is 30.3 Å². The van der Waals surface area contributed by atoms with Gasteiger partial charge in [0, 0.05) is 32.1 Å². The van der Waals surface area contributed by atoms with Crippen LogP contribution in [0.25, 0.3) is 0 Å². The molecule has 1 aromatic carbocycles. The summed E-state index contributed by atoms with van der Waals surface area (Å²) in [7, 11) is 0. The van der Waals surface area contributed by atoms with Gasteiger partial charge in [-0.25, -0.2) is 0 Å². The molecular formula is C16H26N2O. The Morgan fingerprint density at radius 2 is 1.95 bits per heavy atom. The lowest BCUT2D eigenvalue weighted by Gasteiger charge is -2.21. The highest BCUT2D eigenvalue weighted by atomic mass is 16.2. The number of hydrogen-bond donors (Lipinski definition) is 1. The van der Waals surface area contributed by atoms with Crippen LogP contribution in [0.3, 0.4) is 0 Å². The second-order valence-corrected chi connectivity index (χ2v) is 5.07. The summed E-state index contributed by atoms with van der Waals surface area (Å²) >= 11 is 0. The highest BCUT2D eigenvalue weighted by Crippen LogP contribution is 2.02. The Hall–Kier alpha value is -1.35. The molecule has 0 aliphatic carbocycles. The van der Waals surface area contributed by atoms with E-state index >= 15 is 0 Å². The highest BCUT2D eigenvalue weighted by Gasteiger charge is 2.11. The first-order valence-electron chi connectivity index (χ1n) is 7.18. The van der Waals surface area contributed by atoms with Gasteiger partial charge in [-0.3, -0.25) is 4.79 Å². The van der Waals surface area contributed by atoms with Crippen molar-refractivity contribution < 1.29 is 4.79 Å². The largest absolute Gasteiger partial charge is 0.343 e. The number of hydrogen-bond acceptors (Lipinski definition) is 2. The highest BCUT2D eigenvalue weighted by molar-refractivity contribution is 5.76. The standard InChI is InChI=1S/C16H26N2O/c1-4-18(16(19)10-12-17-14(2)3)13-11-15-8-6-5-7-9-15/h5-9,14,17H,4,10-13H2,1-3H3. The van der Waals surface area contributed by atoms with Gasteiger partial charge in [0.2, 0.25) is 5.91 Å². The lowest BCUT2D eigenvalue weighted by atomic mass is 10.1. The summed E-state index contributed by atoms with van der Waals surface area (Å²) in [5.74, 6) is 0.242. The molecule has 1 N–H and O–H groups in total. The minimum absolute atomic E-state index is 0.242. The molecule has 106 valence electrons. The number of amides is 1. The van der Waals surface area contributed by atoms with E-state index in [9.17, 15) is 4.79 Å². The maximum absolute atomic E-state index is 12.1. The predicted octanol–water partition coefficient (Wildman–Crippen LogP) is 2.47. The monoisotopic (exact) mass is 262 g/mol. The molecule has 0 atom stereocenters. The van der Waals surface area contributed by atoms with Gasteiger partial charge in [-0.05, 0) is 18.9 Å². The van der Waals surface area contributed by atoms with Crippen molar-refractivity contribution in [3.8, 4) is 0 Å². The average Bonchev–Trinajstić information content (AvgIpc) is 2.40. The zero-order chi connectivity index (χ0) is 14.1. The maximum atomic E-state index is 12.1. The second kappa shape index (κ2) is 8.70. The first-order valence-corrected chi connectivity index (χ1v) is 7.18. The van der Waals surface area contributed by atoms with E-state index in [4.69, 9.17) is 0 Å². The van der Waals surface area contributed by atoms with E-state index < -0.39 is 0 Å². The first-order chi connectivity index (χ1) is 9.13. The van der Waals surface area contributed by atoms with Gasteiger partial charge in [0.05, 0.1) is 0 Å². The molecule has 0 bridgehead atoms. The molecule has 0 spiro atoms. The fourth-order valence-electron chi connectivity index (χ4n) is 1.99. The van der Waals surface area contributed by atoms with Gasteiger partial charge in [-0.1, -0.05) is 44.2 Å². The van der Waals surface area contributed by atoms with Crippen LogP contribution in [0.4, 0.5) is 0 Å². The normalized spacial score (nSPS) is 10.7. The number of nitrogens with one attached hydrogen (secondary N) is 1. The Kier molecular flexibility index (Phi) is 7.19. The fraction of sp³-hybridized carbons (Fsp3) is 0.562. The summed E-state index contributed by atoms with van der Waals surface area (Å²) in [5.41, 5.74) is 1.29. The third-order valence-electron chi connectivity index (χ3n) is 3.14. The van der Waals surface area contributed by atoms with E-state index in [2.05, 4.69) is 31.3 Å². The Morgan fingerprint density at radius 1 is 1.26 bits per heavy atom. The molecule has 0 radical (unpaired) electrons. The van der Waals surface area contributed by atoms with E-state index in [1.807, 2.05) is 30.0 Å². The molecule has 19 heavy (non-hydrogen) atoms. The number of carbonyl (C=O) groups is 1. The molecule has 0 heterocycles. The number of carbonyl (C=O) groups excluding carboxylic acids is 1. The summed E-state index contributed by atoms with van der Waals surface area (Å²) in [6.07, 6.45) is 1.51. The molecule has 0 aliphatic heterocycles. The van der Waals surface area contributed by atoms with Crippen molar-refractivity contribution in [1.29, 1.82) is 0 Å². The third-order valence-corrected chi connectivity index (χ3v) is 3.14. The van der Waals surface area contributed by atoms with Gasteiger partial charge >= 0.3 is 0 Å². The number of rotatable bonds is 8. The Labute approximate surface area is 117 Å². The van der Waals surface area contributed by atoms with E-state index in [-0.39, 0.29) is 5.91 Å². The van der Waals surface area contributed by atoms with Crippen LogP contribution in [0.5, 0.6) is 0 Å². The van der Waals surface area contributed by atoms with Crippen LogP contribution in [0.2, 0.25) is 0 Å².